The number of fused-ring (bicyclic) bond motifs is 1. The summed E-state index contributed by atoms with van der Waals surface area (Å²) in [7, 11) is -2.16. The molecule has 2 heterocycles. The number of sulfonamides is 1. The lowest BCUT2D eigenvalue weighted by Crippen LogP contribution is -2.29. The topological polar surface area (TPSA) is 107 Å². The largest absolute Gasteiger partial charge is 0.487 e. The SMILES string of the molecule is Cc1ccc2nc(COc3cccc(C(=O)N(C)C(C)c4cccc(S(N)(=O)=O)c4)c3)cn2c1. The van der Waals surface area contributed by atoms with Crippen LogP contribution in [-0.2, 0) is 16.6 Å². The number of ether oxygens (including phenoxy) is 1. The summed E-state index contributed by atoms with van der Waals surface area (Å²) in [6.45, 7) is 4.11. The molecule has 0 saturated carbocycles. The molecule has 4 rings (SSSR count). The summed E-state index contributed by atoms with van der Waals surface area (Å²) in [6, 6.07) is 16.8. The van der Waals surface area contributed by atoms with Gasteiger partial charge in [-0.25, -0.2) is 18.5 Å². The van der Waals surface area contributed by atoms with E-state index in [1.807, 2.05) is 42.8 Å². The number of pyridine rings is 1. The van der Waals surface area contributed by atoms with Gasteiger partial charge in [-0.3, -0.25) is 4.79 Å². The highest BCUT2D eigenvalue weighted by Crippen LogP contribution is 2.24. The first-order chi connectivity index (χ1) is 16.1. The molecular formula is C25H26N4O4S. The van der Waals surface area contributed by atoms with Gasteiger partial charge in [-0.05, 0) is 61.4 Å². The number of primary sulfonamides is 1. The number of nitrogens with zero attached hydrogens (tertiary/aromatic N) is 3. The van der Waals surface area contributed by atoms with Crippen molar-refractivity contribution >= 4 is 21.6 Å². The van der Waals surface area contributed by atoms with E-state index in [0.717, 1.165) is 16.9 Å². The summed E-state index contributed by atoms with van der Waals surface area (Å²) in [5.74, 6) is 0.332. The third-order valence-corrected chi connectivity index (χ3v) is 6.60. The number of carbonyl (C=O) groups is 1. The van der Waals surface area contributed by atoms with Gasteiger partial charge < -0.3 is 14.0 Å². The van der Waals surface area contributed by atoms with Crippen LogP contribution in [0.5, 0.6) is 5.75 Å². The van der Waals surface area contributed by atoms with E-state index in [2.05, 4.69) is 4.98 Å². The minimum Gasteiger partial charge on any atom is -0.487 e. The maximum absolute atomic E-state index is 13.1. The number of carbonyl (C=O) groups excluding carboxylic acids is 1. The zero-order valence-corrected chi connectivity index (χ0v) is 20.0. The Bertz CT molecular complexity index is 1460. The normalized spacial score (nSPS) is 12.5. The predicted molar refractivity (Wildman–Crippen MR) is 129 cm³/mol. The minimum atomic E-state index is -3.83. The van der Waals surface area contributed by atoms with Crippen molar-refractivity contribution in [2.75, 3.05) is 7.05 Å². The molecule has 0 aliphatic heterocycles. The molecule has 2 aromatic heterocycles. The van der Waals surface area contributed by atoms with Gasteiger partial charge in [-0.15, -0.1) is 0 Å². The molecule has 0 aliphatic carbocycles. The minimum absolute atomic E-state index is 0.00945. The number of nitrogens with two attached hydrogens (primary N) is 1. The molecule has 0 saturated heterocycles. The summed E-state index contributed by atoms with van der Waals surface area (Å²) < 4.78 is 31.2. The summed E-state index contributed by atoms with van der Waals surface area (Å²) >= 11 is 0. The first-order valence-corrected chi connectivity index (χ1v) is 12.2. The van der Waals surface area contributed by atoms with Crippen LogP contribution in [0.2, 0.25) is 0 Å². The van der Waals surface area contributed by atoms with Gasteiger partial charge in [0.2, 0.25) is 10.0 Å². The highest BCUT2D eigenvalue weighted by molar-refractivity contribution is 7.89. The van der Waals surface area contributed by atoms with E-state index in [9.17, 15) is 13.2 Å². The van der Waals surface area contributed by atoms with E-state index in [-0.39, 0.29) is 23.5 Å². The summed E-state index contributed by atoms with van der Waals surface area (Å²) in [5.41, 5.74) is 3.88. The number of aromatic nitrogens is 2. The van der Waals surface area contributed by atoms with Crippen molar-refractivity contribution in [3.63, 3.8) is 0 Å². The fourth-order valence-electron chi connectivity index (χ4n) is 3.66. The van der Waals surface area contributed by atoms with Crippen molar-refractivity contribution in [2.45, 2.75) is 31.4 Å². The molecule has 0 radical (unpaired) electrons. The zero-order valence-electron chi connectivity index (χ0n) is 19.2. The van der Waals surface area contributed by atoms with Crippen molar-refractivity contribution in [1.29, 1.82) is 0 Å². The van der Waals surface area contributed by atoms with Crippen molar-refractivity contribution in [1.82, 2.24) is 14.3 Å². The van der Waals surface area contributed by atoms with Crippen LogP contribution in [0.15, 0.2) is 78.0 Å². The fourth-order valence-corrected chi connectivity index (χ4v) is 4.22. The Morgan fingerprint density at radius 2 is 1.88 bits per heavy atom. The maximum Gasteiger partial charge on any atom is 0.254 e. The average molecular weight is 479 g/mol. The Hall–Kier alpha value is -3.69. The molecule has 0 bridgehead atoms. The second-order valence-electron chi connectivity index (χ2n) is 8.23. The number of benzene rings is 2. The molecule has 1 unspecified atom stereocenters. The van der Waals surface area contributed by atoms with Crippen molar-refractivity contribution in [3.8, 4) is 5.75 Å². The maximum atomic E-state index is 13.1. The van der Waals surface area contributed by atoms with Crippen LogP contribution in [0.3, 0.4) is 0 Å². The van der Waals surface area contributed by atoms with E-state index in [1.165, 1.54) is 12.1 Å². The molecule has 9 heteroatoms. The molecule has 1 atom stereocenters. The number of rotatable bonds is 7. The number of imidazole rings is 1. The molecule has 2 N–H and O–H groups in total. The van der Waals surface area contributed by atoms with E-state index in [4.69, 9.17) is 9.88 Å². The van der Waals surface area contributed by atoms with Gasteiger partial charge in [-0.1, -0.05) is 24.3 Å². The van der Waals surface area contributed by atoms with Crippen LogP contribution in [-0.4, -0.2) is 35.7 Å². The van der Waals surface area contributed by atoms with Crippen molar-refractivity contribution < 1.29 is 17.9 Å². The number of hydrogen-bond acceptors (Lipinski definition) is 5. The Morgan fingerprint density at radius 3 is 2.65 bits per heavy atom. The fraction of sp³-hybridized carbons (Fsp3) is 0.200. The molecule has 4 aromatic rings. The zero-order chi connectivity index (χ0) is 24.5. The van der Waals surface area contributed by atoms with Crippen molar-refractivity contribution in [3.05, 3.63) is 95.4 Å². The molecule has 0 spiro atoms. The van der Waals surface area contributed by atoms with Crippen LogP contribution in [0.1, 0.15) is 40.1 Å². The summed E-state index contributed by atoms with van der Waals surface area (Å²) in [5, 5.41) is 5.24. The second kappa shape index (κ2) is 9.28. The van der Waals surface area contributed by atoms with Crippen LogP contribution in [0.25, 0.3) is 5.65 Å². The highest BCUT2D eigenvalue weighted by Gasteiger charge is 2.21. The lowest BCUT2D eigenvalue weighted by Gasteiger charge is -2.26. The Balaban J connectivity index is 1.47. The van der Waals surface area contributed by atoms with Crippen LogP contribution in [0.4, 0.5) is 0 Å². The van der Waals surface area contributed by atoms with Gasteiger partial charge in [0, 0.05) is 25.0 Å². The molecule has 176 valence electrons. The van der Waals surface area contributed by atoms with E-state index in [0.29, 0.717) is 16.9 Å². The van der Waals surface area contributed by atoms with Gasteiger partial charge in [0.05, 0.1) is 16.6 Å². The van der Waals surface area contributed by atoms with Gasteiger partial charge in [0.25, 0.3) is 5.91 Å². The Morgan fingerprint density at radius 1 is 1.12 bits per heavy atom. The van der Waals surface area contributed by atoms with E-state index < -0.39 is 10.0 Å². The molecule has 2 aromatic carbocycles. The molecule has 0 aliphatic rings. The summed E-state index contributed by atoms with van der Waals surface area (Å²) in [6.07, 6.45) is 3.92. The van der Waals surface area contributed by atoms with Gasteiger partial charge >= 0.3 is 0 Å². The predicted octanol–water partition coefficient (Wildman–Crippen LogP) is 3.70. The monoisotopic (exact) mass is 478 g/mol. The van der Waals surface area contributed by atoms with Gasteiger partial charge in [0.15, 0.2) is 0 Å². The van der Waals surface area contributed by atoms with Crippen LogP contribution < -0.4 is 9.88 Å². The van der Waals surface area contributed by atoms with Crippen molar-refractivity contribution in [2.24, 2.45) is 5.14 Å². The van der Waals surface area contributed by atoms with Gasteiger partial charge in [-0.2, -0.15) is 0 Å². The Kier molecular flexibility index (Phi) is 6.41. The average Bonchev–Trinajstić information content (AvgIpc) is 3.23. The molecule has 34 heavy (non-hydrogen) atoms. The lowest BCUT2D eigenvalue weighted by molar-refractivity contribution is 0.0742. The molecular weight excluding hydrogens is 452 g/mol. The summed E-state index contributed by atoms with van der Waals surface area (Å²) in [4.78, 5) is 19.2. The first-order valence-electron chi connectivity index (χ1n) is 10.7. The lowest BCUT2D eigenvalue weighted by atomic mass is 10.1. The highest BCUT2D eigenvalue weighted by atomic mass is 32.2. The second-order valence-corrected chi connectivity index (χ2v) is 9.79. The third kappa shape index (κ3) is 5.11. The van der Waals surface area contributed by atoms with Crippen LogP contribution in [0, 0.1) is 6.92 Å². The molecule has 0 fully saturated rings. The van der Waals surface area contributed by atoms with Gasteiger partial charge in [0.1, 0.15) is 18.0 Å². The number of hydrogen-bond donors (Lipinski definition) is 1. The smallest absolute Gasteiger partial charge is 0.254 e. The Labute approximate surface area is 198 Å². The first kappa shape index (κ1) is 23.5. The van der Waals surface area contributed by atoms with E-state index in [1.54, 1.807) is 48.3 Å². The molecule has 8 nitrogen and oxygen atoms in total. The number of aryl methyl sites for hydroxylation is 1. The number of amides is 1. The standard InChI is InChI=1S/C25H26N4O4S/c1-17-10-11-24-27-21(15-29(24)14-17)16-33-22-8-4-7-20(12-22)25(30)28(3)18(2)19-6-5-9-23(13-19)34(26,31)32/h4-15,18H,16H2,1-3H3,(H2,26,31,32). The molecule has 1 amide bonds. The quantitative estimate of drug-likeness (QED) is 0.436. The van der Waals surface area contributed by atoms with Crippen LogP contribution >= 0.6 is 0 Å². The third-order valence-electron chi connectivity index (χ3n) is 5.69. The van der Waals surface area contributed by atoms with E-state index >= 15 is 0 Å².